The topological polar surface area (TPSA) is 87.9 Å². The Morgan fingerprint density at radius 3 is 2.72 bits per heavy atom. The summed E-state index contributed by atoms with van der Waals surface area (Å²) in [5, 5.41) is 4.15. The van der Waals surface area contributed by atoms with Crippen LogP contribution in [0.15, 0.2) is 65.4 Å². The second-order valence-electron chi connectivity index (χ2n) is 7.17. The summed E-state index contributed by atoms with van der Waals surface area (Å²) in [5.74, 6) is 0.851. The Kier molecular flexibility index (Phi) is 4.20. The number of hydrogen-bond donors (Lipinski definition) is 1. The van der Waals surface area contributed by atoms with Gasteiger partial charge in [-0.25, -0.2) is 4.98 Å². The van der Waals surface area contributed by atoms with Crippen molar-refractivity contribution in [1.29, 1.82) is 0 Å². The zero-order valence-corrected chi connectivity index (χ0v) is 15.9. The molecule has 4 aromatic rings. The predicted molar refractivity (Wildman–Crippen MR) is 106 cm³/mol. The summed E-state index contributed by atoms with van der Waals surface area (Å²) >= 11 is 0. The number of rotatable bonds is 3. The quantitative estimate of drug-likeness (QED) is 0.581. The van der Waals surface area contributed by atoms with Crippen LogP contribution in [-0.2, 0) is 13.0 Å². The van der Waals surface area contributed by atoms with E-state index in [4.69, 9.17) is 4.52 Å². The van der Waals surface area contributed by atoms with Crippen LogP contribution in [-0.4, -0.2) is 30.9 Å². The van der Waals surface area contributed by atoms with E-state index in [1.165, 1.54) is 0 Å². The lowest BCUT2D eigenvalue weighted by atomic mass is 10.0. The van der Waals surface area contributed by atoms with E-state index in [0.29, 0.717) is 30.2 Å². The third-order valence-electron chi connectivity index (χ3n) is 5.22. The number of nitrogens with one attached hydrogen (secondary N) is 1. The number of H-pyrrole nitrogens is 1. The maximum Gasteiger partial charge on any atom is 0.254 e. The summed E-state index contributed by atoms with van der Waals surface area (Å²) in [4.78, 5) is 27.1. The Balaban J connectivity index is 1.51. The van der Waals surface area contributed by atoms with Gasteiger partial charge in [0.05, 0.1) is 24.3 Å². The molecule has 1 N–H and O–H groups in total. The second-order valence-corrected chi connectivity index (χ2v) is 7.17. The summed E-state index contributed by atoms with van der Waals surface area (Å²) in [6, 6.07) is 16.8. The van der Waals surface area contributed by atoms with Crippen LogP contribution in [0, 0.1) is 6.92 Å². The van der Waals surface area contributed by atoms with E-state index in [9.17, 15) is 4.79 Å². The van der Waals surface area contributed by atoms with Crippen molar-refractivity contribution in [1.82, 2.24) is 25.0 Å². The largest absolute Gasteiger partial charge is 0.347 e. The van der Waals surface area contributed by atoms with Crippen molar-refractivity contribution >= 4 is 5.91 Å². The molecule has 7 heteroatoms. The van der Waals surface area contributed by atoms with Crippen LogP contribution in [0.2, 0.25) is 0 Å². The van der Waals surface area contributed by atoms with Crippen molar-refractivity contribution in [2.24, 2.45) is 0 Å². The molecule has 29 heavy (non-hydrogen) atoms. The Hall–Kier alpha value is -3.74. The normalized spacial score (nSPS) is 15.9. The van der Waals surface area contributed by atoms with Crippen LogP contribution < -0.4 is 0 Å². The lowest BCUT2D eigenvalue weighted by molar-refractivity contribution is 0.0590. The molecule has 0 unspecified atom stereocenters. The lowest BCUT2D eigenvalue weighted by Crippen LogP contribution is -2.39. The first kappa shape index (κ1) is 17.4. The molecular formula is C22H19N5O2. The molecule has 7 nitrogen and oxygen atoms in total. The van der Waals surface area contributed by atoms with Crippen LogP contribution in [0.5, 0.6) is 0 Å². The molecule has 2 aromatic heterocycles. The van der Waals surface area contributed by atoms with Gasteiger partial charge in [-0.05, 0) is 19.1 Å². The van der Waals surface area contributed by atoms with Crippen molar-refractivity contribution in [3.63, 3.8) is 0 Å². The van der Waals surface area contributed by atoms with E-state index in [1.807, 2.05) is 61.5 Å². The minimum Gasteiger partial charge on any atom is -0.347 e. The molecule has 0 saturated carbocycles. The summed E-state index contributed by atoms with van der Waals surface area (Å²) in [5.41, 5.74) is 4.52. The Bertz CT molecular complexity index is 1150. The molecule has 0 saturated heterocycles. The van der Waals surface area contributed by atoms with E-state index >= 15 is 0 Å². The second kappa shape index (κ2) is 7.01. The number of fused-ring (bicyclic) bond motifs is 1. The standard InChI is InChI=1S/C22H19N5O2/c1-14-7-9-15(10-8-14)20-25-21(29-26-20)19-11-17-18(24-13-23-17)12-27(19)22(28)16-5-3-2-4-6-16/h2-10,13,19H,11-12H2,1H3,(H,23,24)/t19-/m0/s1. The number of aromatic nitrogens is 4. The highest BCUT2D eigenvalue weighted by molar-refractivity contribution is 5.94. The molecule has 1 atom stereocenters. The average molecular weight is 385 g/mol. The summed E-state index contributed by atoms with van der Waals surface area (Å²) in [6.45, 7) is 2.44. The molecule has 5 rings (SSSR count). The zero-order valence-electron chi connectivity index (χ0n) is 15.9. The molecular weight excluding hydrogens is 366 g/mol. The van der Waals surface area contributed by atoms with Gasteiger partial charge in [0.2, 0.25) is 11.7 Å². The monoisotopic (exact) mass is 385 g/mol. The molecule has 1 amide bonds. The molecule has 0 aliphatic carbocycles. The summed E-state index contributed by atoms with van der Waals surface area (Å²) in [7, 11) is 0. The minimum atomic E-state index is -0.370. The van der Waals surface area contributed by atoms with E-state index < -0.39 is 0 Å². The van der Waals surface area contributed by atoms with Gasteiger partial charge in [-0.15, -0.1) is 0 Å². The van der Waals surface area contributed by atoms with Crippen molar-refractivity contribution in [2.75, 3.05) is 0 Å². The number of carbonyl (C=O) groups excluding carboxylic acids is 1. The highest BCUT2D eigenvalue weighted by atomic mass is 16.5. The molecule has 0 bridgehead atoms. The number of benzene rings is 2. The van der Waals surface area contributed by atoms with Gasteiger partial charge in [-0.2, -0.15) is 4.98 Å². The van der Waals surface area contributed by atoms with Gasteiger partial charge in [0.15, 0.2) is 0 Å². The Morgan fingerprint density at radius 1 is 1.14 bits per heavy atom. The van der Waals surface area contributed by atoms with Gasteiger partial charge < -0.3 is 14.4 Å². The fourth-order valence-electron chi connectivity index (χ4n) is 3.61. The van der Waals surface area contributed by atoms with Crippen molar-refractivity contribution in [3.8, 4) is 11.4 Å². The smallest absolute Gasteiger partial charge is 0.254 e. The van der Waals surface area contributed by atoms with E-state index in [-0.39, 0.29) is 11.9 Å². The Labute approximate surface area is 167 Å². The molecule has 0 fully saturated rings. The van der Waals surface area contributed by atoms with Crippen LogP contribution >= 0.6 is 0 Å². The van der Waals surface area contributed by atoms with Crippen LogP contribution in [0.4, 0.5) is 0 Å². The van der Waals surface area contributed by atoms with Gasteiger partial charge >= 0.3 is 0 Å². The molecule has 0 spiro atoms. The predicted octanol–water partition coefficient (Wildman–Crippen LogP) is 3.71. The molecule has 3 heterocycles. The Morgan fingerprint density at radius 2 is 1.93 bits per heavy atom. The zero-order chi connectivity index (χ0) is 19.8. The van der Waals surface area contributed by atoms with E-state index in [2.05, 4.69) is 20.1 Å². The number of imidazole rings is 1. The highest BCUT2D eigenvalue weighted by Gasteiger charge is 2.36. The van der Waals surface area contributed by atoms with Gasteiger partial charge in [0.25, 0.3) is 5.91 Å². The number of nitrogens with zero attached hydrogens (tertiary/aromatic N) is 4. The molecule has 2 aromatic carbocycles. The first-order valence-electron chi connectivity index (χ1n) is 9.47. The minimum absolute atomic E-state index is 0.0778. The van der Waals surface area contributed by atoms with Crippen molar-refractivity contribution < 1.29 is 9.32 Å². The van der Waals surface area contributed by atoms with Gasteiger partial charge in [-0.3, -0.25) is 4.79 Å². The number of amides is 1. The SMILES string of the molecule is Cc1ccc(-c2noc([C@@H]3Cc4nc[nH]c4CN3C(=O)c3ccccc3)n2)cc1. The molecule has 1 aliphatic rings. The third-order valence-corrected chi connectivity index (χ3v) is 5.22. The first-order chi connectivity index (χ1) is 14.2. The maximum absolute atomic E-state index is 13.2. The van der Waals surface area contributed by atoms with Gasteiger partial charge in [0.1, 0.15) is 6.04 Å². The van der Waals surface area contributed by atoms with Gasteiger partial charge in [0, 0.05) is 17.5 Å². The van der Waals surface area contributed by atoms with Crippen LogP contribution in [0.3, 0.4) is 0 Å². The first-order valence-corrected chi connectivity index (χ1v) is 9.47. The fourth-order valence-corrected chi connectivity index (χ4v) is 3.61. The highest BCUT2D eigenvalue weighted by Crippen LogP contribution is 2.33. The lowest BCUT2D eigenvalue weighted by Gasteiger charge is -2.32. The molecule has 1 aliphatic heterocycles. The van der Waals surface area contributed by atoms with E-state index in [1.54, 1.807) is 11.2 Å². The number of hydrogen-bond acceptors (Lipinski definition) is 5. The van der Waals surface area contributed by atoms with Crippen LogP contribution in [0.1, 0.15) is 39.2 Å². The van der Waals surface area contributed by atoms with E-state index in [0.717, 1.165) is 22.5 Å². The maximum atomic E-state index is 13.2. The number of carbonyl (C=O) groups is 1. The fraction of sp³-hybridized carbons (Fsp3) is 0.182. The van der Waals surface area contributed by atoms with Gasteiger partial charge in [-0.1, -0.05) is 53.2 Å². The molecule has 144 valence electrons. The summed E-state index contributed by atoms with van der Waals surface area (Å²) < 4.78 is 5.60. The number of aryl methyl sites for hydroxylation is 1. The van der Waals surface area contributed by atoms with Crippen LogP contribution in [0.25, 0.3) is 11.4 Å². The van der Waals surface area contributed by atoms with Crippen molar-refractivity contribution in [3.05, 3.63) is 89.3 Å². The third kappa shape index (κ3) is 3.20. The summed E-state index contributed by atoms with van der Waals surface area (Å²) in [6.07, 6.45) is 2.18. The molecule has 0 radical (unpaired) electrons. The number of aromatic amines is 1. The van der Waals surface area contributed by atoms with Crippen molar-refractivity contribution in [2.45, 2.75) is 25.9 Å². The average Bonchev–Trinajstić information content (AvgIpc) is 3.43.